The van der Waals surface area contributed by atoms with Gasteiger partial charge in [0, 0.05) is 11.5 Å². The second-order valence-electron chi connectivity index (χ2n) is 6.97. The van der Waals surface area contributed by atoms with Crippen molar-refractivity contribution in [2.75, 3.05) is 13.7 Å². The van der Waals surface area contributed by atoms with E-state index in [9.17, 15) is 9.59 Å². The standard InChI is InChI=1S/C19H18N4O5/c1-26-13-5-3-2-4-11(13)16-15-12(9-27-18(15)24)23(19(25)21-16)8-14-20-17(22-28-14)10-6-7-10/h2-5,10,16H,6-9H2,1H3,(H,21,25)/t16-/m0/s1. The molecule has 1 aromatic carbocycles. The number of hydrogen-bond acceptors (Lipinski definition) is 7. The molecule has 0 radical (unpaired) electrons. The number of nitrogens with zero attached hydrogens (tertiary/aromatic N) is 3. The van der Waals surface area contributed by atoms with Crippen molar-refractivity contribution >= 4 is 12.0 Å². The van der Waals surface area contributed by atoms with E-state index in [1.807, 2.05) is 18.2 Å². The quantitative estimate of drug-likeness (QED) is 0.789. The maximum Gasteiger partial charge on any atom is 0.338 e. The third kappa shape index (κ3) is 2.70. The van der Waals surface area contributed by atoms with Crippen molar-refractivity contribution < 1.29 is 23.6 Å². The highest BCUT2D eigenvalue weighted by atomic mass is 16.5. The van der Waals surface area contributed by atoms with Gasteiger partial charge < -0.3 is 19.3 Å². The average Bonchev–Trinajstić information content (AvgIpc) is 3.34. The second-order valence-corrected chi connectivity index (χ2v) is 6.97. The molecule has 2 amide bonds. The predicted octanol–water partition coefficient (Wildman–Crippen LogP) is 2.03. The van der Waals surface area contributed by atoms with Gasteiger partial charge in [-0.05, 0) is 18.9 Å². The van der Waals surface area contributed by atoms with Crippen LogP contribution in [0.2, 0.25) is 0 Å². The number of urea groups is 1. The van der Waals surface area contributed by atoms with E-state index in [1.165, 1.54) is 4.90 Å². The molecule has 3 heterocycles. The fraction of sp³-hybridized carbons (Fsp3) is 0.368. The van der Waals surface area contributed by atoms with Crippen LogP contribution in [0, 0.1) is 0 Å². The highest BCUT2D eigenvalue weighted by Crippen LogP contribution is 2.40. The molecular weight excluding hydrogens is 364 g/mol. The average molecular weight is 382 g/mol. The van der Waals surface area contributed by atoms with Gasteiger partial charge >= 0.3 is 12.0 Å². The molecule has 9 heteroatoms. The smallest absolute Gasteiger partial charge is 0.338 e. The third-order valence-corrected chi connectivity index (χ3v) is 5.17. The van der Waals surface area contributed by atoms with Crippen molar-refractivity contribution in [3.8, 4) is 5.75 Å². The van der Waals surface area contributed by atoms with Crippen LogP contribution in [0.1, 0.15) is 42.1 Å². The van der Waals surface area contributed by atoms with Crippen LogP contribution in [0.25, 0.3) is 0 Å². The van der Waals surface area contributed by atoms with E-state index >= 15 is 0 Å². The number of nitrogens with one attached hydrogen (secondary N) is 1. The van der Waals surface area contributed by atoms with Gasteiger partial charge in [0.05, 0.1) is 24.4 Å². The topological polar surface area (TPSA) is 107 Å². The monoisotopic (exact) mass is 382 g/mol. The van der Waals surface area contributed by atoms with E-state index < -0.39 is 12.0 Å². The van der Waals surface area contributed by atoms with Crippen molar-refractivity contribution in [1.29, 1.82) is 0 Å². The zero-order valence-corrected chi connectivity index (χ0v) is 15.2. The fourth-order valence-corrected chi connectivity index (χ4v) is 3.59. The van der Waals surface area contributed by atoms with Gasteiger partial charge in [0.15, 0.2) is 5.82 Å². The summed E-state index contributed by atoms with van der Waals surface area (Å²) in [6.07, 6.45) is 2.11. The van der Waals surface area contributed by atoms with E-state index in [0.29, 0.717) is 40.2 Å². The zero-order chi connectivity index (χ0) is 19.3. The molecule has 1 saturated carbocycles. The normalized spacial score (nSPS) is 21.5. The largest absolute Gasteiger partial charge is 0.496 e. The van der Waals surface area contributed by atoms with Gasteiger partial charge in [-0.1, -0.05) is 23.4 Å². The lowest BCUT2D eigenvalue weighted by Crippen LogP contribution is -2.47. The van der Waals surface area contributed by atoms with E-state index in [4.69, 9.17) is 14.0 Å². The highest BCUT2D eigenvalue weighted by molar-refractivity contribution is 5.97. The lowest BCUT2D eigenvalue weighted by Gasteiger charge is -2.32. The Morgan fingerprint density at radius 2 is 2.11 bits per heavy atom. The third-order valence-electron chi connectivity index (χ3n) is 5.17. The number of methoxy groups -OCH3 is 1. The van der Waals surface area contributed by atoms with Crippen LogP contribution in [0.4, 0.5) is 4.79 Å². The van der Waals surface area contributed by atoms with Crippen molar-refractivity contribution in [3.63, 3.8) is 0 Å². The maximum absolute atomic E-state index is 12.9. The molecular formula is C19H18N4O5. The van der Waals surface area contributed by atoms with Crippen LogP contribution in [0.5, 0.6) is 5.75 Å². The number of esters is 1. The Labute approximate surface area is 160 Å². The summed E-state index contributed by atoms with van der Waals surface area (Å²) in [5.74, 6) is 1.49. The molecule has 0 bridgehead atoms. The maximum atomic E-state index is 12.9. The summed E-state index contributed by atoms with van der Waals surface area (Å²) >= 11 is 0. The van der Waals surface area contributed by atoms with Crippen molar-refractivity contribution in [2.24, 2.45) is 0 Å². The summed E-state index contributed by atoms with van der Waals surface area (Å²) in [6.45, 7) is 0.108. The first-order chi connectivity index (χ1) is 13.7. The van der Waals surface area contributed by atoms with Crippen LogP contribution >= 0.6 is 0 Å². The summed E-state index contributed by atoms with van der Waals surface area (Å²) < 4.78 is 15.9. The molecule has 144 valence electrons. The van der Waals surface area contributed by atoms with Crippen LogP contribution < -0.4 is 10.1 Å². The first-order valence-corrected chi connectivity index (χ1v) is 9.09. The Bertz CT molecular complexity index is 994. The molecule has 3 aliphatic rings. The molecule has 1 aliphatic carbocycles. The zero-order valence-electron chi connectivity index (χ0n) is 15.2. The molecule has 1 aromatic heterocycles. The number of hydrogen-bond donors (Lipinski definition) is 1. The van der Waals surface area contributed by atoms with Crippen LogP contribution in [-0.4, -0.2) is 40.8 Å². The number of rotatable bonds is 5. The van der Waals surface area contributed by atoms with Crippen LogP contribution in [0.3, 0.4) is 0 Å². The highest BCUT2D eigenvalue weighted by Gasteiger charge is 2.43. The van der Waals surface area contributed by atoms with Gasteiger partial charge in [0.25, 0.3) is 0 Å². The van der Waals surface area contributed by atoms with Crippen LogP contribution in [-0.2, 0) is 16.1 Å². The number of aromatic nitrogens is 2. The number of cyclic esters (lactones) is 1. The van der Waals surface area contributed by atoms with Crippen LogP contribution in [0.15, 0.2) is 40.1 Å². The number of amides is 2. The Morgan fingerprint density at radius 1 is 1.29 bits per heavy atom. The fourth-order valence-electron chi connectivity index (χ4n) is 3.59. The molecule has 1 fully saturated rings. The van der Waals surface area contributed by atoms with Crippen molar-refractivity contribution in [2.45, 2.75) is 31.3 Å². The van der Waals surface area contributed by atoms with Crippen molar-refractivity contribution in [3.05, 3.63) is 52.8 Å². The summed E-state index contributed by atoms with van der Waals surface area (Å²) in [5.41, 5.74) is 1.60. The lowest BCUT2D eigenvalue weighted by molar-refractivity contribution is -0.136. The number of carbonyl (C=O) groups is 2. The minimum Gasteiger partial charge on any atom is -0.496 e. The van der Waals surface area contributed by atoms with Gasteiger partial charge in [0.2, 0.25) is 5.89 Å². The first kappa shape index (κ1) is 16.8. The molecule has 0 spiro atoms. The van der Waals surface area contributed by atoms with E-state index in [0.717, 1.165) is 12.8 Å². The molecule has 1 N–H and O–H groups in total. The van der Waals surface area contributed by atoms with E-state index in [1.54, 1.807) is 13.2 Å². The summed E-state index contributed by atoms with van der Waals surface area (Å²) in [5, 5.41) is 6.86. The predicted molar refractivity (Wildman–Crippen MR) is 94.1 cm³/mol. The van der Waals surface area contributed by atoms with Gasteiger partial charge in [0.1, 0.15) is 18.9 Å². The Kier molecular flexibility index (Phi) is 3.81. The number of para-hydroxylation sites is 1. The second kappa shape index (κ2) is 6.36. The summed E-state index contributed by atoms with van der Waals surface area (Å²) in [6, 6.07) is 6.25. The van der Waals surface area contributed by atoms with Gasteiger partial charge in [-0.15, -0.1) is 0 Å². The molecule has 2 aromatic rings. The molecule has 5 rings (SSSR count). The summed E-state index contributed by atoms with van der Waals surface area (Å²) in [7, 11) is 1.55. The molecule has 28 heavy (non-hydrogen) atoms. The molecule has 2 aliphatic heterocycles. The minimum atomic E-state index is -0.644. The van der Waals surface area contributed by atoms with Gasteiger partial charge in [-0.25, -0.2) is 9.59 Å². The molecule has 0 saturated heterocycles. The van der Waals surface area contributed by atoms with Gasteiger partial charge in [-0.3, -0.25) is 4.90 Å². The Hall–Kier alpha value is -3.36. The van der Waals surface area contributed by atoms with Gasteiger partial charge in [-0.2, -0.15) is 4.98 Å². The minimum absolute atomic E-state index is 0.0247. The van der Waals surface area contributed by atoms with E-state index in [-0.39, 0.29) is 19.2 Å². The number of ether oxygens (including phenoxy) is 2. The molecule has 0 unspecified atom stereocenters. The number of benzene rings is 1. The SMILES string of the molecule is COc1ccccc1[C@@H]1NC(=O)N(Cc2nc(C3CC3)no2)C2=C1C(=O)OC2. The van der Waals surface area contributed by atoms with Crippen molar-refractivity contribution in [1.82, 2.24) is 20.4 Å². The first-order valence-electron chi connectivity index (χ1n) is 9.09. The number of carbonyl (C=O) groups excluding carboxylic acids is 2. The lowest BCUT2D eigenvalue weighted by atomic mass is 9.95. The summed E-state index contributed by atoms with van der Waals surface area (Å²) in [4.78, 5) is 31.1. The molecule has 9 nitrogen and oxygen atoms in total. The van der Waals surface area contributed by atoms with E-state index in [2.05, 4.69) is 15.5 Å². The molecule has 1 atom stereocenters. The Morgan fingerprint density at radius 3 is 2.89 bits per heavy atom. The Balaban J connectivity index is 1.50.